The van der Waals surface area contributed by atoms with E-state index < -0.39 is 27.1 Å². The lowest BCUT2D eigenvalue weighted by Crippen LogP contribution is -2.51. The Morgan fingerprint density at radius 2 is 1.57 bits per heavy atom. The quantitative estimate of drug-likeness (QED) is 0.380. The van der Waals surface area contributed by atoms with Crippen molar-refractivity contribution in [3.05, 3.63) is 0 Å². The smallest absolute Gasteiger partial charge is 0.322 e. The van der Waals surface area contributed by atoms with E-state index in [9.17, 15) is 18.0 Å². The lowest BCUT2D eigenvalue weighted by atomic mass is 10.2. The van der Waals surface area contributed by atoms with E-state index in [2.05, 4.69) is 0 Å². The summed E-state index contributed by atoms with van der Waals surface area (Å²) in [6.45, 7) is 1.42. The number of ketones is 1. The molecule has 0 aromatic heterocycles. The molecule has 0 aromatic carbocycles. The Bertz CT molecular complexity index is 351. The van der Waals surface area contributed by atoms with Crippen molar-refractivity contribution < 1.29 is 27.0 Å². The van der Waals surface area contributed by atoms with Crippen molar-refractivity contribution in [1.29, 1.82) is 0 Å². The maximum atomic E-state index is 11.2. The van der Waals surface area contributed by atoms with Gasteiger partial charge < -0.3 is 4.48 Å². The summed E-state index contributed by atoms with van der Waals surface area (Å²) in [5.74, 6) is -1.11. The molecule has 1 N–H and O–H groups in total. The van der Waals surface area contributed by atoms with Crippen molar-refractivity contribution in [3.8, 4) is 0 Å². The van der Waals surface area contributed by atoms with Crippen molar-refractivity contribution in [3.63, 3.8) is 0 Å². The highest BCUT2D eigenvalue weighted by atomic mass is 32.2. The summed E-state index contributed by atoms with van der Waals surface area (Å²) in [6.07, 6.45) is 0. The molecular weight excluding hydrogens is 210 g/mol. The van der Waals surface area contributed by atoms with E-state index in [0.717, 1.165) is 0 Å². The molecule has 0 amide bonds. The molecule has 82 valence electrons. The zero-order valence-electron chi connectivity index (χ0n) is 8.51. The normalized spacial score (nSPS) is 14.9. The fourth-order valence-corrected chi connectivity index (χ4v) is 1.07. The van der Waals surface area contributed by atoms with E-state index in [0.29, 0.717) is 0 Å². The second-order valence-electron chi connectivity index (χ2n) is 3.92. The van der Waals surface area contributed by atoms with E-state index >= 15 is 0 Å². The summed E-state index contributed by atoms with van der Waals surface area (Å²) in [4.78, 5) is 22.1. The zero-order chi connectivity index (χ0) is 11.7. The molecule has 0 aliphatic carbocycles. The van der Waals surface area contributed by atoms with Crippen molar-refractivity contribution in [2.24, 2.45) is 0 Å². The Kier molecular flexibility index (Phi) is 3.54. The number of hydrogen-bond acceptors (Lipinski definition) is 4. The second-order valence-corrected chi connectivity index (χ2v) is 5.24. The van der Waals surface area contributed by atoms with Gasteiger partial charge in [-0.05, 0) is 6.92 Å². The number of rotatable bonds is 3. The second kappa shape index (κ2) is 3.76. The van der Waals surface area contributed by atoms with Gasteiger partial charge in [0.25, 0.3) is 5.78 Å². The topological polar surface area (TPSA) is 88.5 Å². The van der Waals surface area contributed by atoms with Crippen molar-refractivity contribution >= 4 is 21.0 Å². The molecule has 0 aromatic rings. The van der Waals surface area contributed by atoms with E-state index in [4.69, 9.17) is 4.55 Å². The average molecular weight is 224 g/mol. The molecule has 0 spiro atoms. The van der Waals surface area contributed by atoms with Crippen LogP contribution in [0.4, 0.5) is 0 Å². The van der Waals surface area contributed by atoms with E-state index in [-0.39, 0.29) is 4.48 Å². The fraction of sp³-hybridized carbons (Fsp3) is 0.714. The molecule has 1 unspecified atom stereocenters. The van der Waals surface area contributed by atoms with Crippen LogP contribution in [0.15, 0.2) is 0 Å². The molecular formula is C7H14NO5S+. The molecule has 1 atom stereocenters. The Hall–Kier alpha value is -0.790. The number of carbonyl (C=O) groups is 2. The summed E-state index contributed by atoms with van der Waals surface area (Å²) in [7, 11) is 0.0104. The SMILES string of the molecule is CC(C(=O)C(=O)S(=O)(=O)O)[N+](C)(C)C. The largest absolute Gasteiger partial charge is 0.345 e. The number of likely N-dealkylation sites (N-methyl/N-ethyl adjacent to an activating group) is 1. The minimum Gasteiger partial charge on any atom is -0.322 e. The Morgan fingerprint density at radius 3 is 1.79 bits per heavy atom. The van der Waals surface area contributed by atoms with Crippen LogP contribution in [0.5, 0.6) is 0 Å². The number of nitrogens with zero attached hydrogens (tertiary/aromatic N) is 1. The van der Waals surface area contributed by atoms with Gasteiger partial charge in [0.15, 0.2) is 6.04 Å². The van der Waals surface area contributed by atoms with Crippen LogP contribution in [-0.4, -0.2) is 55.5 Å². The Balaban J connectivity index is 4.93. The number of Topliss-reactive ketones (excluding diaryl/α,β-unsaturated/α-hetero) is 1. The van der Waals surface area contributed by atoms with Crippen LogP contribution in [0, 0.1) is 0 Å². The molecule has 14 heavy (non-hydrogen) atoms. The third kappa shape index (κ3) is 3.17. The van der Waals surface area contributed by atoms with Gasteiger partial charge in [0.1, 0.15) is 0 Å². The molecule has 0 bridgehead atoms. The molecule has 0 heterocycles. The molecule has 0 aliphatic rings. The molecule has 0 fully saturated rings. The van der Waals surface area contributed by atoms with E-state index in [1.165, 1.54) is 6.92 Å². The summed E-state index contributed by atoms with van der Waals surface area (Å²) in [5, 5.41) is -1.75. The first-order chi connectivity index (χ1) is 5.98. The molecule has 0 saturated heterocycles. The number of carbonyl (C=O) groups excluding carboxylic acids is 2. The molecule has 0 saturated carbocycles. The van der Waals surface area contributed by atoms with E-state index in [1.54, 1.807) is 21.1 Å². The molecule has 6 nitrogen and oxygen atoms in total. The number of hydrogen-bond donors (Lipinski definition) is 1. The summed E-state index contributed by atoms with van der Waals surface area (Å²) >= 11 is 0. The minimum absolute atomic E-state index is 0.111. The van der Waals surface area contributed by atoms with Crippen molar-refractivity contribution in [2.45, 2.75) is 13.0 Å². The van der Waals surface area contributed by atoms with Gasteiger partial charge in [0, 0.05) is 0 Å². The highest BCUT2D eigenvalue weighted by molar-refractivity contribution is 8.03. The van der Waals surface area contributed by atoms with Crippen LogP contribution in [-0.2, 0) is 19.7 Å². The molecule has 0 radical (unpaired) electrons. The maximum absolute atomic E-state index is 11.2. The molecule has 0 rings (SSSR count). The third-order valence-corrected chi connectivity index (χ3v) is 2.65. The van der Waals surface area contributed by atoms with Crippen molar-refractivity contribution in [1.82, 2.24) is 0 Å². The lowest BCUT2D eigenvalue weighted by Gasteiger charge is -2.29. The average Bonchev–Trinajstić information content (AvgIpc) is 1.97. The van der Waals surface area contributed by atoms with Crippen LogP contribution in [0.2, 0.25) is 0 Å². The summed E-state index contributed by atoms with van der Waals surface area (Å²) in [5.41, 5.74) is 0. The summed E-state index contributed by atoms with van der Waals surface area (Å²) in [6, 6.07) is -0.815. The third-order valence-electron chi connectivity index (χ3n) is 1.98. The van der Waals surface area contributed by atoms with Gasteiger partial charge >= 0.3 is 15.2 Å². The monoisotopic (exact) mass is 224 g/mol. The predicted molar refractivity (Wildman–Crippen MR) is 49.1 cm³/mol. The fourth-order valence-electron chi connectivity index (χ4n) is 0.649. The Morgan fingerprint density at radius 1 is 1.21 bits per heavy atom. The zero-order valence-corrected chi connectivity index (χ0v) is 9.33. The highest BCUT2D eigenvalue weighted by Gasteiger charge is 2.37. The summed E-state index contributed by atoms with van der Waals surface area (Å²) < 4.78 is 29.2. The Labute approximate surface area is 82.9 Å². The van der Waals surface area contributed by atoms with Gasteiger partial charge in [-0.2, -0.15) is 8.42 Å². The van der Waals surface area contributed by atoms with Crippen molar-refractivity contribution in [2.75, 3.05) is 21.1 Å². The number of quaternary nitrogens is 1. The van der Waals surface area contributed by atoms with Crippen LogP contribution >= 0.6 is 0 Å². The first-order valence-corrected chi connectivity index (χ1v) is 5.28. The standard InChI is InChI=1S/C7H13NO5S/c1-5(8(2,3)4)6(9)7(10)14(11,12)13/h5H,1-4H3/p+1. The van der Waals surface area contributed by atoms with Crippen LogP contribution in [0.25, 0.3) is 0 Å². The van der Waals surface area contributed by atoms with Crippen LogP contribution in [0.3, 0.4) is 0 Å². The van der Waals surface area contributed by atoms with Gasteiger partial charge in [0.2, 0.25) is 0 Å². The maximum Gasteiger partial charge on any atom is 0.345 e. The van der Waals surface area contributed by atoms with Gasteiger partial charge in [0.05, 0.1) is 21.1 Å². The van der Waals surface area contributed by atoms with Gasteiger partial charge in [-0.3, -0.25) is 14.1 Å². The van der Waals surface area contributed by atoms with Gasteiger partial charge in [-0.25, -0.2) is 0 Å². The minimum atomic E-state index is -4.91. The molecule has 0 aliphatic heterocycles. The van der Waals surface area contributed by atoms with Gasteiger partial charge in [-0.1, -0.05) is 0 Å². The van der Waals surface area contributed by atoms with Gasteiger partial charge in [-0.15, -0.1) is 0 Å². The molecule has 7 heteroatoms. The van der Waals surface area contributed by atoms with Crippen LogP contribution < -0.4 is 0 Å². The highest BCUT2D eigenvalue weighted by Crippen LogP contribution is 2.05. The lowest BCUT2D eigenvalue weighted by molar-refractivity contribution is -0.884. The first kappa shape index (κ1) is 13.2. The van der Waals surface area contributed by atoms with Crippen LogP contribution in [0.1, 0.15) is 6.92 Å². The predicted octanol–water partition coefficient (Wildman–Crippen LogP) is -0.935. The first-order valence-electron chi connectivity index (χ1n) is 3.84. The van der Waals surface area contributed by atoms with E-state index in [1.807, 2.05) is 0 Å².